The van der Waals surface area contributed by atoms with Gasteiger partial charge in [0.05, 0.1) is 0 Å². The molecule has 0 atom stereocenters. The highest BCUT2D eigenvalue weighted by atomic mass is 16.3. The third-order valence-electron chi connectivity index (χ3n) is 3.60. The molecule has 0 saturated carbocycles. The van der Waals surface area contributed by atoms with E-state index in [4.69, 9.17) is 5.11 Å². The van der Waals surface area contributed by atoms with E-state index in [1.807, 2.05) is 48.5 Å². The summed E-state index contributed by atoms with van der Waals surface area (Å²) in [5, 5.41) is 12.0. The van der Waals surface area contributed by atoms with Gasteiger partial charge in [0.25, 0.3) is 5.91 Å². The minimum atomic E-state index is -0.147. The zero-order valence-corrected chi connectivity index (χ0v) is 14.5. The number of rotatable bonds is 5. The first kappa shape index (κ1) is 18.0. The molecule has 24 heavy (non-hydrogen) atoms. The Bertz CT molecular complexity index is 709. The molecule has 3 nitrogen and oxygen atoms in total. The van der Waals surface area contributed by atoms with Gasteiger partial charge >= 0.3 is 0 Å². The molecule has 1 amide bonds. The molecule has 0 unspecified atom stereocenters. The van der Waals surface area contributed by atoms with Crippen molar-refractivity contribution in [3.63, 3.8) is 0 Å². The van der Waals surface area contributed by atoms with Crippen LogP contribution in [-0.4, -0.2) is 17.6 Å². The van der Waals surface area contributed by atoms with Crippen LogP contribution in [0.4, 0.5) is 5.69 Å². The van der Waals surface area contributed by atoms with Crippen molar-refractivity contribution in [3.8, 4) is 0 Å². The molecule has 0 bridgehead atoms. The van der Waals surface area contributed by atoms with Crippen LogP contribution in [-0.2, 0) is 6.42 Å². The summed E-state index contributed by atoms with van der Waals surface area (Å²) in [4.78, 5) is 12.4. The summed E-state index contributed by atoms with van der Waals surface area (Å²) in [6, 6.07) is 15.1. The Morgan fingerprint density at radius 3 is 2.38 bits per heavy atom. The zero-order chi connectivity index (χ0) is 17.6. The molecule has 3 heteroatoms. The number of aliphatic hydroxyl groups excluding tert-OH is 1. The first-order valence-electron chi connectivity index (χ1n) is 8.18. The van der Waals surface area contributed by atoms with E-state index in [9.17, 15) is 4.79 Å². The van der Waals surface area contributed by atoms with Crippen molar-refractivity contribution in [1.29, 1.82) is 0 Å². The molecule has 0 heterocycles. The first-order chi connectivity index (χ1) is 11.4. The van der Waals surface area contributed by atoms with Crippen LogP contribution in [0.15, 0.2) is 54.6 Å². The van der Waals surface area contributed by atoms with E-state index in [2.05, 4.69) is 38.2 Å². The number of amides is 1. The van der Waals surface area contributed by atoms with Crippen molar-refractivity contribution < 1.29 is 9.90 Å². The van der Waals surface area contributed by atoms with Gasteiger partial charge < -0.3 is 10.4 Å². The summed E-state index contributed by atoms with van der Waals surface area (Å²) in [6.45, 7) is 6.50. The van der Waals surface area contributed by atoms with Gasteiger partial charge in [-0.15, -0.1) is 0 Å². The maximum absolute atomic E-state index is 12.4. The average Bonchev–Trinajstić information content (AvgIpc) is 2.55. The van der Waals surface area contributed by atoms with Crippen LogP contribution in [0.5, 0.6) is 0 Å². The zero-order valence-electron chi connectivity index (χ0n) is 14.5. The Balaban J connectivity index is 2.10. The number of anilines is 1. The number of hydrogen-bond donors (Lipinski definition) is 2. The molecular weight excluding hydrogens is 298 g/mol. The van der Waals surface area contributed by atoms with E-state index >= 15 is 0 Å². The van der Waals surface area contributed by atoms with Crippen molar-refractivity contribution in [2.24, 2.45) is 5.41 Å². The second-order valence-electron chi connectivity index (χ2n) is 6.91. The highest BCUT2D eigenvalue weighted by Crippen LogP contribution is 2.19. The highest BCUT2D eigenvalue weighted by Gasteiger charge is 2.09. The van der Waals surface area contributed by atoms with Gasteiger partial charge in [-0.1, -0.05) is 63.3 Å². The smallest absolute Gasteiger partial charge is 0.255 e. The van der Waals surface area contributed by atoms with E-state index in [1.54, 1.807) is 0 Å². The number of carbonyl (C=O) groups is 1. The van der Waals surface area contributed by atoms with Crippen LogP contribution in [0.1, 0.15) is 42.3 Å². The van der Waals surface area contributed by atoms with E-state index < -0.39 is 0 Å². The third-order valence-corrected chi connectivity index (χ3v) is 3.60. The summed E-state index contributed by atoms with van der Waals surface area (Å²) >= 11 is 0. The summed E-state index contributed by atoms with van der Waals surface area (Å²) < 4.78 is 0. The van der Waals surface area contributed by atoms with Gasteiger partial charge in [0.1, 0.15) is 0 Å². The molecule has 0 aliphatic carbocycles. The molecule has 2 N–H and O–H groups in total. The molecule has 0 saturated heterocycles. The Hall–Kier alpha value is -2.39. The average molecular weight is 323 g/mol. The topological polar surface area (TPSA) is 49.3 Å². The molecule has 0 aromatic heterocycles. The highest BCUT2D eigenvalue weighted by molar-refractivity contribution is 6.04. The predicted molar refractivity (Wildman–Crippen MR) is 100 cm³/mol. The number of aliphatic hydroxyl groups is 1. The molecule has 126 valence electrons. The summed E-state index contributed by atoms with van der Waals surface area (Å²) in [7, 11) is 0. The Labute approximate surface area is 144 Å². The lowest BCUT2D eigenvalue weighted by Crippen LogP contribution is -2.13. The van der Waals surface area contributed by atoms with Gasteiger partial charge in [0, 0.05) is 17.9 Å². The Morgan fingerprint density at radius 2 is 1.75 bits per heavy atom. The monoisotopic (exact) mass is 323 g/mol. The number of para-hydroxylation sites is 1. The molecular formula is C21H25NO2. The minimum absolute atomic E-state index is 0.0572. The minimum Gasteiger partial charge on any atom is -0.396 e. The van der Waals surface area contributed by atoms with E-state index in [0.29, 0.717) is 12.0 Å². The van der Waals surface area contributed by atoms with Crippen LogP contribution in [0.25, 0.3) is 6.08 Å². The molecule has 2 aromatic rings. The normalized spacial score (nSPS) is 11.7. The molecule has 0 aliphatic heterocycles. The largest absolute Gasteiger partial charge is 0.396 e. The van der Waals surface area contributed by atoms with Crippen molar-refractivity contribution in [1.82, 2.24) is 0 Å². The van der Waals surface area contributed by atoms with E-state index in [-0.39, 0.29) is 17.9 Å². The van der Waals surface area contributed by atoms with Crippen LogP contribution >= 0.6 is 0 Å². The maximum Gasteiger partial charge on any atom is 0.255 e. The third kappa shape index (κ3) is 5.36. The fraction of sp³-hybridized carbons (Fsp3) is 0.286. The molecule has 2 aromatic carbocycles. The van der Waals surface area contributed by atoms with Crippen LogP contribution in [0, 0.1) is 5.41 Å². The molecule has 0 fully saturated rings. The Morgan fingerprint density at radius 1 is 1.08 bits per heavy atom. The van der Waals surface area contributed by atoms with Gasteiger partial charge in [-0.25, -0.2) is 0 Å². The predicted octanol–water partition coefficient (Wildman–Crippen LogP) is 4.53. The summed E-state index contributed by atoms with van der Waals surface area (Å²) in [5.41, 5.74) is 3.49. The van der Waals surface area contributed by atoms with E-state index in [0.717, 1.165) is 16.8 Å². The quantitative estimate of drug-likeness (QED) is 0.849. The summed E-state index contributed by atoms with van der Waals surface area (Å²) in [6.07, 6.45) is 4.73. The second kappa shape index (κ2) is 7.93. The van der Waals surface area contributed by atoms with E-state index in [1.165, 1.54) is 0 Å². The maximum atomic E-state index is 12.4. The Kier molecular flexibility index (Phi) is 5.93. The van der Waals surface area contributed by atoms with Gasteiger partial charge in [-0.2, -0.15) is 0 Å². The van der Waals surface area contributed by atoms with Crippen LogP contribution < -0.4 is 5.32 Å². The lowest BCUT2D eigenvalue weighted by atomic mass is 9.95. The van der Waals surface area contributed by atoms with Crippen molar-refractivity contribution in [3.05, 3.63) is 71.3 Å². The van der Waals surface area contributed by atoms with Crippen molar-refractivity contribution in [2.75, 3.05) is 11.9 Å². The lowest BCUT2D eigenvalue weighted by molar-refractivity contribution is 0.102. The molecule has 0 aliphatic rings. The van der Waals surface area contributed by atoms with Gasteiger partial charge in [0.15, 0.2) is 0 Å². The van der Waals surface area contributed by atoms with Crippen LogP contribution in [0.2, 0.25) is 0 Å². The molecule has 0 radical (unpaired) electrons. The number of benzene rings is 2. The fourth-order valence-electron chi connectivity index (χ4n) is 2.27. The number of nitrogens with one attached hydrogen (secondary N) is 1. The van der Waals surface area contributed by atoms with Crippen molar-refractivity contribution in [2.45, 2.75) is 27.2 Å². The van der Waals surface area contributed by atoms with Crippen LogP contribution in [0.3, 0.4) is 0 Å². The van der Waals surface area contributed by atoms with Gasteiger partial charge in [-0.05, 0) is 41.2 Å². The SMILES string of the molecule is CC(C)(C)C=Cc1ccc(C(=O)Nc2ccccc2CCO)cc1. The second-order valence-corrected chi connectivity index (χ2v) is 6.91. The van der Waals surface area contributed by atoms with Gasteiger partial charge in [0.2, 0.25) is 0 Å². The number of allylic oxidation sites excluding steroid dienone is 1. The number of carbonyl (C=O) groups excluding carboxylic acids is 1. The lowest BCUT2D eigenvalue weighted by Gasteiger charge is -2.11. The molecule has 0 spiro atoms. The van der Waals surface area contributed by atoms with Gasteiger partial charge in [-0.3, -0.25) is 4.79 Å². The first-order valence-corrected chi connectivity index (χ1v) is 8.18. The van der Waals surface area contributed by atoms with Crippen molar-refractivity contribution >= 4 is 17.7 Å². The fourth-order valence-corrected chi connectivity index (χ4v) is 2.27. The summed E-state index contributed by atoms with van der Waals surface area (Å²) in [5.74, 6) is -0.147. The number of hydrogen-bond acceptors (Lipinski definition) is 2. The molecule has 2 rings (SSSR count). The standard InChI is InChI=1S/C21H25NO2/c1-21(2,3)14-12-16-8-10-18(11-9-16)20(24)22-19-7-5-4-6-17(19)13-15-23/h4-12,14,23H,13,15H2,1-3H3,(H,22,24).